The zero-order valence-electron chi connectivity index (χ0n) is 25.9. The molecule has 47 heavy (non-hydrogen) atoms. The Kier molecular flexibility index (Phi) is 8.12. The predicted molar refractivity (Wildman–Crippen MR) is 171 cm³/mol. The lowest BCUT2D eigenvalue weighted by Gasteiger charge is -2.28. The Morgan fingerprint density at radius 2 is 1.85 bits per heavy atom. The number of alkyl halides is 2. The van der Waals surface area contributed by atoms with Crippen LogP contribution in [0.5, 0.6) is 0 Å². The highest BCUT2D eigenvalue weighted by Crippen LogP contribution is 2.35. The van der Waals surface area contributed by atoms with Gasteiger partial charge in [-0.3, -0.25) is 33.4 Å². The van der Waals surface area contributed by atoms with Crippen molar-refractivity contribution in [1.29, 1.82) is 0 Å². The molecule has 7 rings (SSSR count). The fourth-order valence-electron chi connectivity index (χ4n) is 7.02. The number of para-hydroxylation sites is 1. The number of nitrogens with zero attached hydrogens (tertiary/aromatic N) is 6. The van der Waals surface area contributed by atoms with Gasteiger partial charge in [-0.05, 0) is 61.8 Å². The first-order valence-corrected chi connectivity index (χ1v) is 15.9. The van der Waals surface area contributed by atoms with Crippen molar-refractivity contribution in [2.75, 3.05) is 18.9 Å². The zero-order chi connectivity index (χ0) is 32.8. The first kappa shape index (κ1) is 30.8. The van der Waals surface area contributed by atoms with Gasteiger partial charge in [-0.1, -0.05) is 18.2 Å². The van der Waals surface area contributed by atoms with Gasteiger partial charge < -0.3 is 10.5 Å². The number of nitrogens with two attached hydrogens (primary N) is 1. The average Bonchev–Trinajstić information content (AvgIpc) is 3.73. The third kappa shape index (κ3) is 5.81. The summed E-state index contributed by atoms with van der Waals surface area (Å²) in [4.78, 5) is 37.7. The van der Waals surface area contributed by atoms with Crippen LogP contribution >= 0.6 is 0 Å². The lowest BCUT2D eigenvalue weighted by Crippen LogP contribution is -2.44. The standard InChI is InChI=1S/C33H36F2N8O4/c1-40-30-23(3-2-4-26(30)43(33(40)46)27-11-12-28(44)37-32(27)45)20-7-10-25-21(15-20)16-41(38-25)13-14-47-18-19-5-8-22(9-6-19)42-17-24(36)29(39-42)31(34)35/h2-4,7,10,15-17,19,22,27,31H,5-6,8-9,11-14,18,36H2,1H3,(H,37,44,45)/t19-,22-,27?. The normalized spacial score (nSPS) is 20.5. The van der Waals surface area contributed by atoms with E-state index in [4.69, 9.17) is 15.6 Å². The van der Waals surface area contributed by atoms with Crippen molar-refractivity contribution in [3.05, 3.63) is 65.0 Å². The second-order valence-electron chi connectivity index (χ2n) is 12.5. The molecule has 1 unspecified atom stereocenters. The highest BCUT2D eigenvalue weighted by molar-refractivity contribution is 6.01. The number of carbonyl (C=O) groups is 2. The lowest BCUT2D eigenvalue weighted by molar-refractivity contribution is -0.135. The molecule has 1 aliphatic carbocycles. The number of ether oxygens (including phenoxy) is 1. The monoisotopic (exact) mass is 646 g/mol. The van der Waals surface area contributed by atoms with Crippen molar-refractivity contribution in [2.45, 2.75) is 63.6 Å². The highest BCUT2D eigenvalue weighted by Gasteiger charge is 2.32. The maximum absolute atomic E-state index is 13.4. The van der Waals surface area contributed by atoms with E-state index in [9.17, 15) is 23.2 Å². The SMILES string of the molecule is Cn1c(=O)n(C2CCC(=O)NC2=O)c2cccc(-c3ccc4nn(CCOC[C@H]5CC[C@H](n6cc(N)c(C(F)F)n6)CC5)cc4c3)c21. The topological polar surface area (TPSA) is 144 Å². The number of halogens is 2. The highest BCUT2D eigenvalue weighted by atomic mass is 19.3. The summed E-state index contributed by atoms with van der Waals surface area (Å²) in [5.41, 5.74) is 9.04. The van der Waals surface area contributed by atoms with Crippen LogP contribution < -0.4 is 16.7 Å². The molecule has 0 spiro atoms. The van der Waals surface area contributed by atoms with Crippen LogP contribution in [0.3, 0.4) is 0 Å². The third-order valence-corrected chi connectivity index (χ3v) is 9.49. The van der Waals surface area contributed by atoms with E-state index in [2.05, 4.69) is 10.4 Å². The molecule has 1 aliphatic heterocycles. The summed E-state index contributed by atoms with van der Waals surface area (Å²) in [7, 11) is 1.69. The van der Waals surface area contributed by atoms with Crippen molar-refractivity contribution < 1.29 is 23.1 Å². The van der Waals surface area contributed by atoms with E-state index >= 15 is 0 Å². The maximum Gasteiger partial charge on any atom is 0.329 e. The molecule has 2 aromatic carbocycles. The van der Waals surface area contributed by atoms with E-state index in [-0.39, 0.29) is 41.9 Å². The minimum Gasteiger partial charge on any atom is -0.396 e. The van der Waals surface area contributed by atoms with Gasteiger partial charge in [0.1, 0.15) is 6.04 Å². The number of nitrogen functional groups attached to an aromatic ring is 1. The number of benzene rings is 2. The summed E-state index contributed by atoms with van der Waals surface area (Å²) in [6.07, 6.45) is 4.82. The fraction of sp³-hybridized carbons (Fsp3) is 0.424. The van der Waals surface area contributed by atoms with Gasteiger partial charge in [0, 0.05) is 43.4 Å². The summed E-state index contributed by atoms with van der Waals surface area (Å²) in [6.45, 7) is 1.72. The molecule has 1 saturated carbocycles. The molecule has 1 saturated heterocycles. The molecule has 246 valence electrons. The Bertz CT molecular complexity index is 2040. The van der Waals surface area contributed by atoms with Crippen LogP contribution in [0, 0.1) is 5.92 Å². The van der Waals surface area contributed by atoms with Crippen molar-refractivity contribution in [3.8, 4) is 11.1 Å². The number of hydrogen-bond donors (Lipinski definition) is 2. The van der Waals surface area contributed by atoms with Crippen LogP contribution in [-0.4, -0.2) is 53.7 Å². The quantitative estimate of drug-likeness (QED) is 0.177. The van der Waals surface area contributed by atoms with Gasteiger partial charge in [-0.2, -0.15) is 10.2 Å². The third-order valence-electron chi connectivity index (χ3n) is 9.49. The number of anilines is 1. The number of aromatic nitrogens is 6. The van der Waals surface area contributed by atoms with Gasteiger partial charge in [0.25, 0.3) is 6.43 Å². The number of fused-ring (bicyclic) bond motifs is 2. The Balaban J connectivity index is 0.991. The van der Waals surface area contributed by atoms with Crippen molar-refractivity contribution in [1.82, 2.24) is 34.0 Å². The Morgan fingerprint density at radius 3 is 2.60 bits per heavy atom. The molecule has 12 nitrogen and oxygen atoms in total. The number of carbonyl (C=O) groups excluding carboxylic acids is 2. The number of rotatable bonds is 9. The number of imide groups is 1. The largest absolute Gasteiger partial charge is 0.396 e. The Labute approximate surface area is 268 Å². The number of amides is 2. The van der Waals surface area contributed by atoms with E-state index < -0.39 is 18.4 Å². The molecular weight excluding hydrogens is 610 g/mol. The van der Waals surface area contributed by atoms with Crippen LogP contribution in [0.15, 0.2) is 53.6 Å². The second-order valence-corrected chi connectivity index (χ2v) is 12.5. The summed E-state index contributed by atoms with van der Waals surface area (Å²) < 4.78 is 38.6. The first-order chi connectivity index (χ1) is 22.7. The molecule has 1 atom stereocenters. The number of aryl methyl sites for hydroxylation is 1. The number of piperidine rings is 1. The predicted octanol–water partition coefficient (Wildman–Crippen LogP) is 4.50. The van der Waals surface area contributed by atoms with Gasteiger partial charge in [-0.15, -0.1) is 0 Å². The van der Waals surface area contributed by atoms with Crippen molar-refractivity contribution in [3.63, 3.8) is 0 Å². The van der Waals surface area contributed by atoms with Crippen molar-refractivity contribution in [2.24, 2.45) is 13.0 Å². The minimum absolute atomic E-state index is 0.0407. The molecule has 4 heterocycles. The van der Waals surface area contributed by atoms with Crippen molar-refractivity contribution >= 4 is 39.4 Å². The van der Waals surface area contributed by atoms with E-state index in [1.165, 1.54) is 10.8 Å². The molecule has 14 heteroatoms. The number of nitrogens with one attached hydrogen (secondary N) is 1. The molecule has 3 aromatic heterocycles. The van der Waals surface area contributed by atoms with Gasteiger partial charge >= 0.3 is 5.69 Å². The summed E-state index contributed by atoms with van der Waals surface area (Å²) in [5, 5.41) is 12.0. The van der Waals surface area contributed by atoms with E-state index in [0.717, 1.165) is 47.7 Å². The van der Waals surface area contributed by atoms with Gasteiger partial charge in [0.15, 0.2) is 5.69 Å². The zero-order valence-corrected chi connectivity index (χ0v) is 25.9. The van der Waals surface area contributed by atoms with Crippen LogP contribution in [0.4, 0.5) is 14.5 Å². The van der Waals surface area contributed by atoms with Crippen LogP contribution in [0.25, 0.3) is 33.1 Å². The smallest absolute Gasteiger partial charge is 0.329 e. The molecule has 3 N–H and O–H groups in total. The Morgan fingerprint density at radius 1 is 1.04 bits per heavy atom. The average molecular weight is 647 g/mol. The van der Waals surface area contributed by atoms with E-state index in [1.54, 1.807) is 16.3 Å². The number of imidazole rings is 1. The van der Waals surface area contributed by atoms with Crippen LogP contribution in [-0.2, 0) is 27.9 Å². The fourth-order valence-corrected chi connectivity index (χ4v) is 7.02. The molecular formula is C33H36F2N8O4. The molecule has 5 aromatic rings. The maximum atomic E-state index is 13.4. The van der Waals surface area contributed by atoms with E-state index in [0.29, 0.717) is 36.7 Å². The van der Waals surface area contributed by atoms with Gasteiger partial charge in [0.05, 0.1) is 41.4 Å². The summed E-state index contributed by atoms with van der Waals surface area (Å²) >= 11 is 0. The molecule has 2 aliphatic rings. The van der Waals surface area contributed by atoms with Crippen LogP contribution in [0.2, 0.25) is 0 Å². The molecule has 0 bridgehead atoms. The summed E-state index contributed by atoms with van der Waals surface area (Å²) in [6, 6.07) is 10.9. The molecule has 2 amide bonds. The second kappa shape index (κ2) is 12.4. The van der Waals surface area contributed by atoms with Gasteiger partial charge in [0.2, 0.25) is 11.8 Å². The summed E-state index contributed by atoms with van der Waals surface area (Å²) in [5.74, 6) is -0.389. The molecule has 0 radical (unpaired) electrons. The van der Waals surface area contributed by atoms with Gasteiger partial charge in [-0.25, -0.2) is 13.6 Å². The number of hydrogen-bond acceptors (Lipinski definition) is 7. The molecule has 2 fully saturated rings. The lowest BCUT2D eigenvalue weighted by atomic mass is 9.86. The first-order valence-electron chi connectivity index (χ1n) is 15.9. The Hall–Kier alpha value is -4.85. The van der Waals surface area contributed by atoms with E-state index in [1.807, 2.05) is 47.3 Å². The van der Waals surface area contributed by atoms with Crippen LogP contribution in [0.1, 0.15) is 62.7 Å². The minimum atomic E-state index is -2.67.